The smallest absolute Gasteiger partial charge is 0.213 e. The normalized spacial score (nSPS) is 11.5. The summed E-state index contributed by atoms with van der Waals surface area (Å²) in [7, 11) is 4.95. The Hall–Kier alpha value is -3.76. The standard InChI is InChI=1S/C28H25N2O4.BrH/c1-31-25-9-8-18-12-24-22-14-27(33-3)26(32-2)13-19(22)10-11-30(24)16-23(18)28(25)34-17-21-7-5-4-6-20(21)15-29;/h4-9,12-14,16H,10-11,17H2,1-3H3;1H/q+1;/p-1. The van der Waals surface area contributed by atoms with Crippen molar-refractivity contribution in [2.45, 2.75) is 19.6 Å². The highest BCUT2D eigenvalue weighted by molar-refractivity contribution is 5.91. The Balaban J connectivity index is 0.00000289. The summed E-state index contributed by atoms with van der Waals surface area (Å²) >= 11 is 0. The number of aryl methyl sites for hydroxylation is 2. The van der Waals surface area contributed by atoms with Crippen LogP contribution in [0, 0.1) is 11.3 Å². The van der Waals surface area contributed by atoms with Crippen molar-refractivity contribution in [3.63, 3.8) is 0 Å². The van der Waals surface area contributed by atoms with Gasteiger partial charge < -0.3 is 35.9 Å². The van der Waals surface area contributed by atoms with Crippen LogP contribution in [0.25, 0.3) is 22.0 Å². The first-order valence-electron chi connectivity index (χ1n) is 11.1. The van der Waals surface area contributed by atoms with Crippen molar-refractivity contribution < 1.29 is 40.5 Å². The van der Waals surface area contributed by atoms with E-state index >= 15 is 0 Å². The van der Waals surface area contributed by atoms with Gasteiger partial charge in [0.2, 0.25) is 5.69 Å². The maximum Gasteiger partial charge on any atom is 0.213 e. The summed E-state index contributed by atoms with van der Waals surface area (Å²) in [5.74, 6) is 2.78. The van der Waals surface area contributed by atoms with Crippen LogP contribution in [0.15, 0.2) is 60.8 Å². The minimum absolute atomic E-state index is 0. The molecule has 1 aromatic heterocycles. The van der Waals surface area contributed by atoms with Gasteiger partial charge in [0, 0.05) is 18.1 Å². The maximum absolute atomic E-state index is 9.42. The van der Waals surface area contributed by atoms with Crippen LogP contribution in [0.2, 0.25) is 0 Å². The van der Waals surface area contributed by atoms with E-state index in [0.29, 0.717) is 22.8 Å². The molecule has 3 aromatic carbocycles. The van der Waals surface area contributed by atoms with Gasteiger partial charge in [-0.2, -0.15) is 9.83 Å². The van der Waals surface area contributed by atoms with Crippen molar-refractivity contribution in [2.75, 3.05) is 21.3 Å². The molecule has 0 bridgehead atoms. The largest absolute Gasteiger partial charge is 1.00 e. The molecular weight excluding hydrogens is 508 g/mol. The zero-order valence-electron chi connectivity index (χ0n) is 19.8. The molecule has 0 fully saturated rings. The van der Waals surface area contributed by atoms with Gasteiger partial charge in [0.1, 0.15) is 6.61 Å². The number of pyridine rings is 1. The summed E-state index contributed by atoms with van der Waals surface area (Å²) in [4.78, 5) is 0. The molecular formula is C28H25BrN2O4. The van der Waals surface area contributed by atoms with E-state index in [4.69, 9.17) is 18.9 Å². The lowest BCUT2D eigenvalue weighted by atomic mass is 9.95. The molecule has 0 radical (unpaired) electrons. The first kappa shape index (κ1) is 24.4. The van der Waals surface area contributed by atoms with Gasteiger partial charge in [-0.05, 0) is 41.3 Å². The van der Waals surface area contributed by atoms with Crippen LogP contribution in [0.4, 0.5) is 0 Å². The van der Waals surface area contributed by atoms with Crippen molar-refractivity contribution in [2.24, 2.45) is 0 Å². The molecule has 6 nitrogen and oxygen atoms in total. The van der Waals surface area contributed by atoms with Gasteiger partial charge >= 0.3 is 0 Å². The second-order valence-corrected chi connectivity index (χ2v) is 8.12. The average molecular weight is 533 g/mol. The molecule has 0 unspecified atom stereocenters. The maximum atomic E-state index is 9.42. The third-order valence-corrected chi connectivity index (χ3v) is 6.32. The first-order chi connectivity index (χ1) is 16.7. The molecule has 178 valence electrons. The summed E-state index contributed by atoms with van der Waals surface area (Å²) in [6.07, 6.45) is 3.01. The van der Waals surface area contributed by atoms with Gasteiger partial charge in [-0.3, -0.25) is 0 Å². The third-order valence-electron chi connectivity index (χ3n) is 6.32. The zero-order chi connectivity index (χ0) is 23.7. The fraction of sp³-hybridized carbons (Fsp3) is 0.214. The molecule has 4 aromatic rings. The number of fused-ring (bicyclic) bond motifs is 4. The number of methoxy groups -OCH3 is 3. The van der Waals surface area contributed by atoms with Crippen molar-refractivity contribution in [3.05, 3.63) is 77.5 Å². The number of ether oxygens (including phenoxy) is 4. The molecule has 0 saturated heterocycles. The number of benzene rings is 3. The summed E-state index contributed by atoms with van der Waals surface area (Å²) in [6, 6.07) is 19.9. The predicted molar refractivity (Wildman–Crippen MR) is 128 cm³/mol. The summed E-state index contributed by atoms with van der Waals surface area (Å²) in [6.45, 7) is 1.11. The average Bonchev–Trinajstić information content (AvgIpc) is 2.89. The number of hydrogen-bond donors (Lipinski definition) is 0. The highest BCUT2D eigenvalue weighted by Gasteiger charge is 2.27. The second-order valence-electron chi connectivity index (χ2n) is 8.12. The van der Waals surface area contributed by atoms with Gasteiger partial charge in [-0.15, -0.1) is 0 Å². The number of aromatic nitrogens is 1. The quantitative estimate of drug-likeness (QED) is 0.354. The number of hydrogen-bond acceptors (Lipinski definition) is 5. The molecule has 7 heteroatoms. The van der Waals surface area contributed by atoms with E-state index < -0.39 is 0 Å². The lowest BCUT2D eigenvalue weighted by Gasteiger charge is -2.19. The van der Waals surface area contributed by atoms with E-state index in [1.54, 1.807) is 27.4 Å². The summed E-state index contributed by atoms with van der Waals surface area (Å²) < 4.78 is 25.2. The molecule has 1 aliphatic rings. The minimum Gasteiger partial charge on any atom is -1.00 e. The molecule has 1 aliphatic heterocycles. The monoisotopic (exact) mass is 532 g/mol. The van der Waals surface area contributed by atoms with Crippen LogP contribution in [0.5, 0.6) is 23.0 Å². The van der Waals surface area contributed by atoms with Crippen LogP contribution in [0.1, 0.15) is 16.7 Å². The van der Waals surface area contributed by atoms with Crippen LogP contribution >= 0.6 is 0 Å². The Morgan fingerprint density at radius 2 is 1.66 bits per heavy atom. The molecule has 0 atom stereocenters. The molecule has 0 aliphatic carbocycles. The molecule has 0 saturated carbocycles. The molecule has 0 amide bonds. The second kappa shape index (κ2) is 10.2. The van der Waals surface area contributed by atoms with Gasteiger partial charge in [-0.1, -0.05) is 18.2 Å². The Bertz CT molecular complexity index is 1450. The lowest BCUT2D eigenvalue weighted by molar-refractivity contribution is -0.686. The highest BCUT2D eigenvalue weighted by Crippen LogP contribution is 2.40. The van der Waals surface area contributed by atoms with Gasteiger partial charge in [0.25, 0.3) is 0 Å². The van der Waals surface area contributed by atoms with Crippen LogP contribution in [-0.2, 0) is 19.6 Å². The molecule has 5 rings (SSSR count). The highest BCUT2D eigenvalue weighted by atomic mass is 79.9. The SMILES string of the molecule is COc1cc2c(cc1OC)-c1cc3ccc(OC)c(OCc4ccccc4C#N)c3c[n+]1CC2.[Br-]. The number of nitriles is 1. The molecule has 2 heterocycles. The minimum atomic E-state index is 0. The summed E-state index contributed by atoms with van der Waals surface area (Å²) in [5, 5.41) is 11.4. The first-order valence-corrected chi connectivity index (χ1v) is 11.1. The van der Waals surface area contributed by atoms with E-state index in [1.165, 1.54) is 5.56 Å². The fourth-order valence-electron chi connectivity index (χ4n) is 4.55. The van der Waals surface area contributed by atoms with E-state index in [1.807, 2.05) is 36.4 Å². The van der Waals surface area contributed by atoms with E-state index in [-0.39, 0.29) is 23.6 Å². The summed E-state index contributed by atoms with van der Waals surface area (Å²) in [5.41, 5.74) is 4.92. The van der Waals surface area contributed by atoms with Crippen LogP contribution < -0.4 is 40.5 Å². The zero-order valence-corrected chi connectivity index (χ0v) is 21.4. The van der Waals surface area contributed by atoms with E-state index in [2.05, 4.69) is 29.0 Å². The van der Waals surface area contributed by atoms with E-state index in [0.717, 1.165) is 46.3 Å². The Morgan fingerprint density at radius 1 is 0.914 bits per heavy atom. The number of rotatable bonds is 6. The van der Waals surface area contributed by atoms with Crippen molar-refractivity contribution in [1.82, 2.24) is 0 Å². The third kappa shape index (κ3) is 4.38. The van der Waals surface area contributed by atoms with Crippen LogP contribution in [-0.4, -0.2) is 21.3 Å². The Kier molecular flexibility index (Phi) is 7.13. The number of nitrogens with zero attached hydrogens (tertiary/aromatic N) is 2. The van der Waals surface area contributed by atoms with Gasteiger partial charge in [0.05, 0.1) is 43.9 Å². The van der Waals surface area contributed by atoms with Crippen LogP contribution in [0.3, 0.4) is 0 Å². The number of halogens is 1. The van der Waals surface area contributed by atoms with Gasteiger partial charge in [0.15, 0.2) is 35.7 Å². The Labute approximate surface area is 215 Å². The van der Waals surface area contributed by atoms with Crippen molar-refractivity contribution in [3.8, 4) is 40.3 Å². The molecule has 0 spiro atoms. The van der Waals surface area contributed by atoms with Crippen molar-refractivity contribution >= 4 is 10.8 Å². The molecule has 0 N–H and O–H groups in total. The Morgan fingerprint density at radius 3 is 2.40 bits per heavy atom. The fourth-order valence-corrected chi connectivity index (χ4v) is 4.55. The topological polar surface area (TPSA) is 64.6 Å². The lowest BCUT2D eigenvalue weighted by Crippen LogP contribution is -3.00. The van der Waals surface area contributed by atoms with Crippen molar-refractivity contribution in [1.29, 1.82) is 5.26 Å². The predicted octanol–water partition coefficient (Wildman–Crippen LogP) is 1.83. The molecule has 35 heavy (non-hydrogen) atoms. The van der Waals surface area contributed by atoms with E-state index in [9.17, 15) is 5.26 Å². The van der Waals surface area contributed by atoms with Gasteiger partial charge in [-0.25, -0.2) is 0 Å².